The number of nitrogens with one attached hydrogen (secondary N) is 2. The molecule has 0 aliphatic carbocycles. The van der Waals surface area contributed by atoms with E-state index in [1.165, 1.54) is 6.07 Å². The average Bonchev–Trinajstić information content (AvgIpc) is 2.89. The zero-order chi connectivity index (χ0) is 20.0. The lowest BCUT2D eigenvalue weighted by atomic mass is 9.99. The summed E-state index contributed by atoms with van der Waals surface area (Å²) in [6.07, 6.45) is 0.631. The van der Waals surface area contributed by atoms with E-state index in [4.69, 9.17) is 16.3 Å². The zero-order valence-electron chi connectivity index (χ0n) is 15.4. The summed E-state index contributed by atoms with van der Waals surface area (Å²) in [6.45, 7) is 4.37. The Bertz CT molecular complexity index is 1120. The van der Waals surface area contributed by atoms with Crippen molar-refractivity contribution in [3.05, 3.63) is 52.0 Å². The van der Waals surface area contributed by atoms with Gasteiger partial charge in [-0.2, -0.15) is 0 Å². The normalized spacial score (nSPS) is 13.5. The third-order valence-electron chi connectivity index (χ3n) is 4.74. The number of hydrogen-bond donors (Lipinski definition) is 3. The second kappa shape index (κ2) is 6.87. The molecule has 1 aliphatic heterocycles. The van der Waals surface area contributed by atoms with Gasteiger partial charge in [0.2, 0.25) is 0 Å². The largest absolute Gasteiger partial charge is 0.491 e. The van der Waals surface area contributed by atoms with E-state index >= 15 is 0 Å². The molecule has 3 aromatic rings. The maximum Gasteiger partial charge on any atom is 0.337 e. The lowest BCUT2D eigenvalue weighted by Gasteiger charge is -2.11. The van der Waals surface area contributed by atoms with Crippen molar-refractivity contribution in [2.24, 2.45) is 0 Å². The number of benzene rings is 2. The molecule has 144 valence electrons. The number of carboxylic acids is 1. The van der Waals surface area contributed by atoms with Crippen LogP contribution in [0.5, 0.6) is 5.75 Å². The molecule has 2 heterocycles. The maximum absolute atomic E-state index is 12.6. The number of carboxylic acid groups (broad SMARTS) is 1. The molecule has 7 heteroatoms. The second-order valence-corrected chi connectivity index (χ2v) is 7.45. The van der Waals surface area contributed by atoms with Gasteiger partial charge in [-0.1, -0.05) is 17.7 Å². The van der Waals surface area contributed by atoms with Crippen molar-refractivity contribution in [3.8, 4) is 17.0 Å². The van der Waals surface area contributed by atoms with Crippen LogP contribution in [0.3, 0.4) is 0 Å². The number of carbonyl (C=O) groups is 2. The first-order valence-corrected chi connectivity index (χ1v) is 9.39. The summed E-state index contributed by atoms with van der Waals surface area (Å²) < 4.78 is 5.81. The van der Waals surface area contributed by atoms with Gasteiger partial charge >= 0.3 is 5.97 Å². The predicted octanol–water partition coefficient (Wildman–Crippen LogP) is 4.26. The summed E-state index contributed by atoms with van der Waals surface area (Å²) in [5.74, 6) is -0.588. The fourth-order valence-corrected chi connectivity index (χ4v) is 3.89. The summed E-state index contributed by atoms with van der Waals surface area (Å²) in [7, 11) is 0. The molecule has 0 fully saturated rings. The monoisotopic (exact) mass is 398 g/mol. The minimum atomic E-state index is -1.07. The van der Waals surface area contributed by atoms with E-state index in [0.717, 1.165) is 27.7 Å². The molecular weight excluding hydrogens is 380 g/mol. The summed E-state index contributed by atoms with van der Waals surface area (Å²) in [5.41, 5.74) is 4.02. The number of amides is 1. The minimum Gasteiger partial charge on any atom is -0.491 e. The van der Waals surface area contributed by atoms with Crippen molar-refractivity contribution in [1.29, 1.82) is 0 Å². The molecule has 1 aromatic heterocycles. The fraction of sp³-hybridized carbons (Fsp3) is 0.238. The number of carbonyl (C=O) groups excluding carboxylic acids is 1. The molecule has 3 N–H and O–H groups in total. The molecule has 0 atom stereocenters. The van der Waals surface area contributed by atoms with Crippen LogP contribution in [0, 0.1) is 0 Å². The molecule has 0 saturated carbocycles. The van der Waals surface area contributed by atoms with Crippen LogP contribution in [0.2, 0.25) is 5.02 Å². The molecule has 28 heavy (non-hydrogen) atoms. The Hall–Kier alpha value is -2.99. The molecule has 0 bridgehead atoms. The van der Waals surface area contributed by atoms with Crippen LogP contribution in [0.4, 0.5) is 0 Å². The fourth-order valence-electron chi connectivity index (χ4n) is 3.63. The van der Waals surface area contributed by atoms with Gasteiger partial charge in [-0.25, -0.2) is 4.79 Å². The SMILES string of the molecule is CC(C)Oc1cc2c3c(c(-c4ccc(C(=O)O)c(Cl)c4)[nH]c3c1)CCNC2=O. The van der Waals surface area contributed by atoms with Crippen LogP contribution in [0.1, 0.15) is 40.1 Å². The highest BCUT2D eigenvalue weighted by Gasteiger charge is 2.24. The van der Waals surface area contributed by atoms with Crippen molar-refractivity contribution >= 4 is 34.4 Å². The van der Waals surface area contributed by atoms with Crippen LogP contribution in [0.15, 0.2) is 30.3 Å². The van der Waals surface area contributed by atoms with E-state index in [2.05, 4.69) is 10.3 Å². The van der Waals surface area contributed by atoms with Gasteiger partial charge in [0.1, 0.15) is 5.75 Å². The number of aromatic carboxylic acids is 1. The first-order valence-electron chi connectivity index (χ1n) is 9.02. The third kappa shape index (κ3) is 3.10. The summed E-state index contributed by atoms with van der Waals surface area (Å²) >= 11 is 6.17. The number of aromatic nitrogens is 1. The van der Waals surface area contributed by atoms with Gasteiger partial charge in [-0.05, 0) is 49.6 Å². The van der Waals surface area contributed by atoms with Gasteiger partial charge < -0.3 is 20.1 Å². The van der Waals surface area contributed by atoms with Gasteiger partial charge in [0, 0.05) is 23.7 Å². The molecule has 4 rings (SSSR count). The molecule has 2 aromatic carbocycles. The third-order valence-corrected chi connectivity index (χ3v) is 5.05. The van der Waals surface area contributed by atoms with E-state index in [1.54, 1.807) is 18.2 Å². The number of H-pyrrole nitrogens is 1. The van der Waals surface area contributed by atoms with E-state index in [-0.39, 0.29) is 22.6 Å². The van der Waals surface area contributed by atoms with Gasteiger partial charge in [0.15, 0.2) is 0 Å². The predicted molar refractivity (Wildman–Crippen MR) is 108 cm³/mol. The highest BCUT2D eigenvalue weighted by atomic mass is 35.5. The molecule has 0 spiro atoms. The van der Waals surface area contributed by atoms with Crippen LogP contribution in [0.25, 0.3) is 22.2 Å². The zero-order valence-corrected chi connectivity index (χ0v) is 16.2. The van der Waals surface area contributed by atoms with Crippen LogP contribution in [-0.2, 0) is 6.42 Å². The van der Waals surface area contributed by atoms with E-state index < -0.39 is 5.97 Å². The lowest BCUT2D eigenvalue weighted by molar-refractivity contribution is 0.0696. The molecule has 0 unspecified atom stereocenters. The number of rotatable bonds is 4. The Morgan fingerprint density at radius 1 is 1.25 bits per heavy atom. The van der Waals surface area contributed by atoms with E-state index in [1.807, 2.05) is 19.9 Å². The molecule has 1 aliphatic rings. The summed E-state index contributed by atoms with van der Waals surface area (Å²) in [4.78, 5) is 27.2. The Morgan fingerprint density at radius 3 is 2.71 bits per heavy atom. The smallest absolute Gasteiger partial charge is 0.337 e. The van der Waals surface area contributed by atoms with Crippen LogP contribution < -0.4 is 10.1 Å². The number of hydrogen-bond acceptors (Lipinski definition) is 3. The minimum absolute atomic E-state index is 0.0187. The summed E-state index contributed by atoms with van der Waals surface area (Å²) in [6, 6.07) is 8.51. The lowest BCUT2D eigenvalue weighted by Crippen LogP contribution is -2.23. The Balaban J connectivity index is 1.94. The average molecular weight is 399 g/mol. The van der Waals surface area contributed by atoms with Gasteiger partial charge in [0.25, 0.3) is 5.91 Å². The molecule has 1 amide bonds. The van der Waals surface area contributed by atoms with Gasteiger partial charge in [-0.3, -0.25) is 4.79 Å². The Kier molecular flexibility index (Phi) is 4.51. The quantitative estimate of drug-likeness (QED) is 0.612. The van der Waals surface area contributed by atoms with E-state index in [0.29, 0.717) is 24.3 Å². The highest BCUT2D eigenvalue weighted by Crippen LogP contribution is 2.37. The first kappa shape index (κ1) is 18.4. The van der Waals surface area contributed by atoms with Crippen molar-refractivity contribution in [2.75, 3.05) is 6.54 Å². The summed E-state index contributed by atoms with van der Waals surface area (Å²) in [5, 5.41) is 13.2. The maximum atomic E-state index is 12.6. The molecule has 0 radical (unpaired) electrons. The number of ether oxygens (including phenoxy) is 1. The Labute approximate surface area is 166 Å². The van der Waals surface area contributed by atoms with Crippen molar-refractivity contribution in [3.63, 3.8) is 0 Å². The van der Waals surface area contributed by atoms with Gasteiger partial charge in [0.05, 0.1) is 27.8 Å². The van der Waals surface area contributed by atoms with E-state index in [9.17, 15) is 14.7 Å². The van der Waals surface area contributed by atoms with Crippen LogP contribution >= 0.6 is 11.6 Å². The van der Waals surface area contributed by atoms with Crippen molar-refractivity contribution in [2.45, 2.75) is 26.4 Å². The molecule has 6 nitrogen and oxygen atoms in total. The van der Waals surface area contributed by atoms with Crippen LogP contribution in [-0.4, -0.2) is 34.6 Å². The topological polar surface area (TPSA) is 91.4 Å². The number of halogens is 1. The first-order chi connectivity index (χ1) is 13.3. The second-order valence-electron chi connectivity index (χ2n) is 7.04. The van der Waals surface area contributed by atoms with Gasteiger partial charge in [-0.15, -0.1) is 0 Å². The molecular formula is C21H19ClN2O4. The Morgan fingerprint density at radius 2 is 2.04 bits per heavy atom. The molecule has 0 saturated heterocycles. The number of aromatic amines is 1. The standard InChI is InChI=1S/C21H19ClN2O4/c1-10(2)28-12-8-15-18-14(5-6-23-20(15)25)19(24-17(18)9-12)11-3-4-13(21(26)27)16(22)7-11/h3-4,7-10,24H,5-6H2,1-2H3,(H,23,25)(H,26,27). The highest BCUT2D eigenvalue weighted by molar-refractivity contribution is 6.33. The van der Waals surface area contributed by atoms with Crippen molar-refractivity contribution < 1.29 is 19.4 Å². The van der Waals surface area contributed by atoms with Crippen molar-refractivity contribution in [1.82, 2.24) is 10.3 Å².